The summed E-state index contributed by atoms with van der Waals surface area (Å²) in [5.74, 6) is 0.462. The van der Waals surface area contributed by atoms with Crippen LogP contribution in [0.3, 0.4) is 0 Å². The summed E-state index contributed by atoms with van der Waals surface area (Å²) in [6.07, 6.45) is 3.93. The van der Waals surface area contributed by atoms with E-state index in [2.05, 4.69) is 5.32 Å². The van der Waals surface area contributed by atoms with Gasteiger partial charge in [-0.05, 0) is 61.0 Å². The minimum absolute atomic E-state index is 0.176. The van der Waals surface area contributed by atoms with Gasteiger partial charge in [-0.15, -0.1) is 0 Å². The van der Waals surface area contributed by atoms with E-state index in [-0.39, 0.29) is 5.91 Å². The molecule has 5 nitrogen and oxygen atoms in total. The third kappa shape index (κ3) is 4.32. The van der Waals surface area contributed by atoms with Crippen molar-refractivity contribution in [2.24, 2.45) is 0 Å². The normalized spacial score (nSPS) is 10.5. The molecule has 0 atom stereocenters. The first-order valence-corrected chi connectivity index (χ1v) is 8.44. The van der Waals surface area contributed by atoms with Crippen molar-refractivity contribution >= 4 is 11.6 Å². The van der Waals surface area contributed by atoms with E-state index in [4.69, 9.17) is 9.47 Å². The molecule has 0 radical (unpaired) electrons. The Bertz CT molecular complexity index is 855. The Balaban J connectivity index is 1.73. The van der Waals surface area contributed by atoms with E-state index in [1.807, 2.05) is 78.5 Å². The van der Waals surface area contributed by atoms with Crippen LogP contribution in [0.25, 0.3) is 5.69 Å². The maximum atomic E-state index is 12.6. The Kier molecular flexibility index (Phi) is 5.71. The van der Waals surface area contributed by atoms with Gasteiger partial charge in [0, 0.05) is 30.8 Å². The molecule has 0 aliphatic heterocycles. The van der Waals surface area contributed by atoms with E-state index in [1.54, 1.807) is 7.11 Å². The van der Waals surface area contributed by atoms with Crippen LogP contribution in [0, 0.1) is 6.92 Å². The predicted molar refractivity (Wildman–Crippen MR) is 102 cm³/mol. The van der Waals surface area contributed by atoms with Crippen LogP contribution in [0.5, 0.6) is 5.75 Å². The molecule has 3 aromatic rings. The number of rotatable bonds is 7. The van der Waals surface area contributed by atoms with Crippen LogP contribution in [0.1, 0.15) is 15.9 Å². The molecule has 0 saturated heterocycles. The summed E-state index contributed by atoms with van der Waals surface area (Å²) < 4.78 is 12.7. The first-order valence-electron chi connectivity index (χ1n) is 8.44. The largest absolute Gasteiger partial charge is 0.489 e. The summed E-state index contributed by atoms with van der Waals surface area (Å²) in [6.45, 7) is 2.89. The third-order valence-electron chi connectivity index (χ3n) is 3.96. The molecule has 5 heteroatoms. The smallest absolute Gasteiger partial charge is 0.255 e. The molecule has 0 unspecified atom stereocenters. The number of aromatic nitrogens is 1. The van der Waals surface area contributed by atoms with Gasteiger partial charge in [0.2, 0.25) is 0 Å². The Morgan fingerprint density at radius 3 is 2.46 bits per heavy atom. The van der Waals surface area contributed by atoms with Gasteiger partial charge in [0.05, 0.1) is 12.3 Å². The van der Waals surface area contributed by atoms with Gasteiger partial charge in [-0.2, -0.15) is 0 Å². The number of hydrogen-bond acceptors (Lipinski definition) is 3. The lowest BCUT2D eigenvalue weighted by molar-refractivity contribution is 0.102. The number of hydrogen-bond donors (Lipinski definition) is 1. The Hall–Kier alpha value is -3.05. The van der Waals surface area contributed by atoms with Gasteiger partial charge in [0.15, 0.2) is 0 Å². The van der Waals surface area contributed by atoms with Crippen molar-refractivity contribution in [1.82, 2.24) is 4.57 Å². The second kappa shape index (κ2) is 8.36. The van der Waals surface area contributed by atoms with Gasteiger partial charge >= 0.3 is 0 Å². The standard InChI is InChI=1S/C21H22N2O3/c1-16-5-10-19(20(15-16)26-14-13-25-2)22-21(24)17-6-8-18(9-7-17)23-11-3-4-12-23/h3-12,15H,13-14H2,1-2H3,(H,22,24). The molecule has 26 heavy (non-hydrogen) atoms. The van der Waals surface area contributed by atoms with E-state index in [0.29, 0.717) is 30.2 Å². The van der Waals surface area contributed by atoms with E-state index in [0.717, 1.165) is 11.3 Å². The fraction of sp³-hybridized carbons (Fsp3) is 0.190. The van der Waals surface area contributed by atoms with Crippen LogP contribution in [0.15, 0.2) is 67.0 Å². The Morgan fingerprint density at radius 1 is 1.04 bits per heavy atom. The van der Waals surface area contributed by atoms with Crippen LogP contribution in [0.2, 0.25) is 0 Å². The lowest BCUT2D eigenvalue weighted by atomic mass is 10.1. The highest BCUT2D eigenvalue weighted by Crippen LogP contribution is 2.26. The van der Waals surface area contributed by atoms with Crippen LogP contribution >= 0.6 is 0 Å². The molecule has 134 valence electrons. The first kappa shape index (κ1) is 17.8. The lowest BCUT2D eigenvalue weighted by Crippen LogP contribution is -2.14. The monoisotopic (exact) mass is 350 g/mol. The van der Waals surface area contributed by atoms with Gasteiger partial charge in [0.1, 0.15) is 12.4 Å². The van der Waals surface area contributed by atoms with E-state index in [9.17, 15) is 4.79 Å². The zero-order chi connectivity index (χ0) is 18.4. The number of methoxy groups -OCH3 is 1. The number of carbonyl (C=O) groups excluding carboxylic acids is 1. The zero-order valence-corrected chi connectivity index (χ0v) is 14.9. The maximum Gasteiger partial charge on any atom is 0.255 e. The van der Waals surface area contributed by atoms with Gasteiger partial charge in [0.25, 0.3) is 5.91 Å². The van der Waals surface area contributed by atoms with Crippen molar-refractivity contribution in [2.45, 2.75) is 6.92 Å². The number of anilines is 1. The highest BCUT2D eigenvalue weighted by atomic mass is 16.5. The van der Waals surface area contributed by atoms with Crippen molar-refractivity contribution in [3.63, 3.8) is 0 Å². The Morgan fingerprint density at radius 2 is 1.77 bits per heavy atom. The Labute approximate surface area is 153 Å². The molecular formula is C21H22N2O3. The van der Waals surface area contributed by atoms with Gasteiger partial charge < -0.3 is 19.4 Å². The van der Waals surface area contributed by atoms with Crippen LogP contribution in [-0.2, 0) is 4.74 Å². The molecule has 1 N–H and O–H groups in total. The summed E-state index contributed by atoms with van der Waals surface area (Å²) in [7, 11) is 1.62. The van der Waals surface area contributed by atoms with Crippen molar-refractivity contribution in [3.8, 4) is 11.4 Å². The van der Waals surface area contributed by atoms with Gasteiger partial charge in [-0.1, -0.05) is 6.07 Å². The summed E-state index contributed by atoms with van der Waals surface area (Å²) in [5.41, 5.74) is 3.30. The number of benzene rings is 2. The molecule has 3 rings (SSSR count). The topological polar surface area (TPSA) is 52.5 Å². The molecule has 2 aromatic carbocycles. The minimum Gasteiger partial charge on any atom is -0.489 e. The molecular weight excluding hydrogens is 328 g/mol. The van der Waals surface area contributed by atoms with Gasteiger partial charge in [-0.25, -0.2) is 0 Å². The van der Waals surface area contributed by atoms with Gasteiger partial charge in [-0.3, -0.25) is 4.79 Å². The van der Waals surface area contributed by atoms with E-state index < -0.39 is 0 Å². The highest BCUT2D eigenvalue weighted by Gasteiger charge is 2.11. The lowest BCUT2D eigenvalue weighted by Gasteiger charge is -2.13. The second-order valence-corrected chi connectivity index (χ2v) is 5.93. The molecule has 0 bridgehead atoms. The molecule has 0 saturated carbocycles. The number of ether oxygens (including phenoxy) is 2. The molecule has 0 aliphatic carbocycles. The number of amides is 1. The van der Waals surface area contributed by atoms with E-state index in [1.165, 1.54) is 0 Å². The predicted octanol–water partition coefficient (Wildman–Crippen LogP) is 4.06. The average molecular weight is 350 g/mol. The van der Waals surface area contributed by atoms with Crippen LogP contribution < -0.4 is 10.1 Å². The summed E-state index contributed by atoms with van der Waals surface area (Å²) in [4.78, 5) is 12.6. The summed E-state index contributed by atoms with van der Waals surface area (Å²) in [5, 5.41) is 2.92. The molecule has 0 aliphatic rings. The van der Waals surface area contributed by atoms with E-state index >= 15 is 0 Å². The quantitative estimate of drug-likeness (QED) is 0.654. The second-order valence-electron chi connectivity index (χ2n) is 5.93. The summed E-state index contributed by atoms with van der Waals surface area (Å²) in [6, 6.07) is 17.1. The van der Waals surface area contributed by atoms with Crippen LogP contribution in [-0.4, -0.2) is 30.8 Å². The highest BCUT2D eigenvalue weighted by molar-refractivity contribution is 6.05. The number of carbonyl (C=O) groups is 1. The molecule has 1 aromatic heterocycles. The van der Waals surface area contributed by atoms with Crippen LogP contribution in [0.4, 0.5) is 5.69 Å². The van der Waals surface area contributed by atoms with Crippen molar-refractivity contribution in [3.05, 3.63) is 78.1 Å². The molecule has 1 amide bonds. The molecule has 0 fully saturated rings. The fourth-order valence-corrected chi connectivity index (χ4v) is 2.57. The van der Waals surface area contributed by atoms with Crippen molar-refractivity contribution in [1.29, 1.82) is 0 Å². The maximum absolute atomic E-state index is 12.6. The van der Waals surface area contributed by atoms with Crippen molar-refractivity contribution in [2.75, 3.05) is 25.6 Å². The SMILES string of the molecule is COCCOc1cc(C)ccc1NC(=O)c1ccc(-n2cccc2)cc1. The average Bonchev–Trinajstić information content (AvgIpc) is 3.19. The first-order chi connectivity index (χ1) is 12.7. The summed E-state index contributed by atoms with van der Waals surface area (Å²) >= 11 is 0. The minimum atomic E-state index is -0.176. The molecule has 0 spiro atoms. The zero-order valence-electron chi connectivity index (χ0n) is 14.9. The number of nitrogens with zero attached hydrogens (tertiary/aromatic N) is 1. The molecule has 1 heterocycles. The van der Waals surface area contributed by atoms with Crippen molar-refractivity contribution < 1.29 is 14.3 Å². The number of nitrogens with one attached hydrogen (secondary N) is 1. The number of aryl methyl sites for hydroxylation is 1. The third-order valence-corrected chi connectivity index (χ3v) is 3.96. The fourth-order valence-electron chi connectivity index (χ4n) is 2.57.